The van der Waals surface area contributed by atoms with Gasteiger partial charge in [0.2, 0.25) is 0 Å². The van der Waals surface area contributed by atoms with E-state index in [1.54, 1.807) is 0 Å². The maximum absolute atomic E-state index is 12.7. The number of unbranched alkanes of at least 4 members (excludes halogenated alkanes) is 7. The molecule has 3 unspecified atom stereocenters. The Labute approximate surface area is 371 Å². The fourth-order valence-corrected chi connectivity index (χ4v) is 6.82. The molecular weight excluding hydrogens is 838 g/mol. The molecule has 0 aromatic rings. The summed E-state index contributed by atoms with van der Waals surface area (Å²) in [5.41, 5.74) is 0. The highest BCUT2D eigenvalue weighted by atomic mass is 31.2. The molecule has 0 amide bonds. The summed E-state index contributed by atoms with van der Waals surface area (Å²) in [5, 5.41) is 9.76. The first-order valence-corrected chi connectivity index (χ1v) is 25.4. The molecule has 0 aromatic carbocycles. The maximum atomic E-state index is 12.7. The van der Waals surface area contributed by atoms with E-state index in [1.807, 2.05) is 12.2 Å². The average Bonchev–Trinajstić information content (AvgIpc) is 3.99. The highest BCUT2D eigenvalue weighted by molar-refractivity contribution is 7.47. The first-order valence-electron chi connectivity index (χ1n) is 22.4. The Morgan fingerprint density at radius 2 is 1.03 bits per heavy atom. The van der Waals surface area contributed by atoms with Crippen molar-refractivity contribution in [3.8, 4) is 0 Å². The first-order chi connectivity index (χ1) is 29.8. The molecule has 14 nitrogen and oxygen atoms in total. The lowest BCUT2D eigenvalue weighted by atomic mass is 10.1. The molecule has 1 fully saturated rings. The standard InChI is InChI=1S/C46H76O14P2/c1-3-5-7-9-11-13-15-17-18-19-20-21-23-25-27-29-31-35-46(49)59-42(40-58-62(53,54)57-38-41(47)37-56-61(50,51)52)39-55-45(48)36-32-34-44-43(60-44)33-30-28-26-24-22-16-14-12-10-8-6-4-2/h11-14,17-18,20-22,24-25,27-28,30,41-44,47H,3-10,15-16,19,23,26,29,31-40H2,1-2H3,(H,53,54)(H2,50,51,52)/b13-11-,14-12-,18-17-,21-20-,24-22-,27-25-,30-28-/t41-,42+,43?,44?/m0/s1. The SMILES string of the molecule is CCCCC/C=C\C/C=C\C/C=C\C/C=C\CCCC(=O)O[C@H](COC(=O)CCCC1OC1C/C=C\C/C=C\C/C=C\CCCCC)COP(=O)(O)OC[C@@H](O)COP(=O)(O)O. The smallest absolute Gasteiger partial charge is 0.462 e. The van der Waals surface area contributed by atoms with E-state index in [1.165, 1.54) is 38.5 Å². The number of epoxide rings is 1. The zero-order chi connectivity index (χ0) is 45.6. The summed E-state index contributed by atoms with van der Waals surface area (Å²) in [5.74, 6) is -1.18. The van der Waals surface area contributed by atoms with Crippen molar-refractivity contribution in [2.45, 2.75) is 167 Å². The van der Waals surface area contributed by atoms with E-state index in [0.717, 1.165) is 51.4 Å². The van der Waals surface area contributed by atoms with Gasteiger partial charge in [0.1, 0.15) is 12.7 Å². The van der Waals surface area contributed by atoms with Crippen LogP contribution in [0.1, 0.15) is 142 Å². The Balaban J connectivity index is 2.46. The quantitative estimate of drug-likeness (QED) is 0.0148. The van der Waals surface area contributed by atoms with Crippen molar-refractivity contribution in [2.24, 2.45) is 0 Å². The van der Waals surface area contributed by atoms with Crippen LogP contribution in [0.2, 0.25) is 0 Å². The van der Waals surface area contributed by atoms with E-state index >= 15 is 0 Å². The molecular formula is C46H76O14P2. The minimum Gasteiger partial charge on any atom is -0.462 e. The van der Waals surface area contributed by atoms with Crippen LogP contribution in [0.25, 0.3) is 0 Å². The van der Waals surface area contributed by atoms with Crippen molar-refractivity contribution in [1.82, 2.24) is 0 Å². The molecule has 1 aliphatic rings. The van der Waals surface area contributed by atoms with Gasteiger partial charge in [-0.2, -0.15) is 0 Å². The molecule has 1 saturated heterocycles. The van der Waals surface area contributed by atoms with Crippen molar-refractivity contribution in [3.05, 3.63) is 85.1 Å². The van der Waals surface area contributed by atoms with Crippen molar-refractivity contribution in [1.29, 1.82) is 0 Å². The lowest BCUT2D eigenvalue weighted by Gasteiger charge is -2.20. The Hall–Kier alpha value is -2.74. The Morgan fingerprint density at radius 3 is 1.56 bits per heavy atom. The number of rotatable bonds is 40. The van der Waals surface area contributed by atoms with Gasteiger partial charge in [-0.25, -0.2) is 9.13 Å². The predicted molar refractivity (Wildman–Crippen MR) is 243 cm³/mol. The molecule has 1 heterocycles. The number of aliphatic hydroxyl groups excluding tert-OH is 1. The third-order valence-corrected chi connectivity index (χ3v) is 10.6. The molecule has 4 N–H and O–H groups in total. The van der Waals surface area contributed by atoms with Gasteiger partial charge in [-0.1, -0.05) is 125 Å². The Kier molecular flexibility index (Phi) is 34.8. The van der Waals surface area contributed by atoms with E-state index in [4.69, 9.17) is 28.5 Å². The largest absolute Gasteiger partial charge is 0.472 e. The lowest BCUT2D eigenvalue weighted by Crippen LogP contribution is -2.30. The third-order valence-electron chi connectivity index (χ3n) is 9.17. The van der Waals surface area contributed by atoms with Gasteiger partial charge in [0.25, 0.3) is 0 Å². The van der Waals surface area contributed by atoms with Crippen molar-refractivity contribution >= 4 is 27.6 Å². The highest BCUT2D eigenvalue weighted by Crippen LogP contribution is 2.44. The van der Waals surface area contributed by atoms with Crippen molar-refractivity contribution in [3.63, 3.8) is 0 Å². The molecule has 1 rings (SSSR count). The fourth-order valence-electron chi connectivity index (χ4n) is 5.66. The van der Waals surface area contributed by atoms with Crippen LogP contribution >= 0.6 is 15.6 Å². The van der Waals surface area contributed by atoms with Gasteiger partial charge in [-0.15, -0.1) is 0 Å². The first kappa shape index (κ1) is 57.3. The molecule has 0 spiro atoms. The number of phosphoric ester groups is 2. The monoisotopic (exact) mass is 914 g/mol. The van der Waals surface area contributed by atoms with Crippen molar-refractivity contribution in [2.75, 3.05) is 26.4 Å². The Bertz CT molecular complexity index is 1480. The van der Waals surface area contributed by atoms with E-state index in [0.29, 0.717) is 25.7 Å². The summed E-state index contributed by atoms with van der Waals surface area (Å²) in [6.45, 7) is 1.54. The normalized spacial score (nSPS) is 18.0. The van der Waals surface area contributed by atoms with Gasteiger partial charge in [-0.3, -0.25) is 23.2 Å². The van der Waals surface area contributed by atoms with Crippen LogP contribution in [0, 0.1) is 0 Å². The molecule has 0 aliphatic carbocycles. The fraction of sp³-hybridized carbons (Fsp3) is 0.652. The number of hydrogen-bond donors (Lipinski definition) is 4. The van der Waals surface area contributed by atoms with Crippen LogP contribution in [-0.2, 0) is 46.5 Å². The van der Waals surface area contributed by atoms with Crippen LogP contribution in [-0.4, -0.2) is 82.6 Å². The molecule has 62 heavy (non-hydrogen) atoms. The second-order valence-electron chi connectivity index (χ2n) is 15.0. The van der Waals surface area contributed by atoms with E-state index < -0.39 is 66.2 Å². The minimum atomic E-state index is -4.88. The maximum Gasteiger partial charge on any atom is 0.472 e. The van der Waals surface area contributed by atoms with Crippen LogP contribution in [0.15, 0.2) is 85.1 Å². The molecule has 0 saturated carbocycles. The molecule has 0 aromatic heterocycles. The van der Waals surface area contributed by atoms with Crippen LogP contribution < -0.4 is 0 Å². The van der Waals surface area contributed by atoms with E-state index in [9.17, 15) is 28.7 Å². The summed E-state index contributed by atoms with van der Waals surface area (Å²) in [4.78, 5) is 52.8. The molecule has 0 bridgehead atoms. The number of allylic oxidation sites excluding steroid dienone is 13. The molecule has 0 radical (unpaired) electrons. The summed E-state index contributed by atoms with van der Waals surface area (Å²) in [6, 6.07) is 0. The number of carbonyl (C=O) groups excluding carboxylic acids is 2. The van der Waals surface area contributed by atoms with Crippen LogP contribution in [0.5, 0.6) is 0 Å². The van der Waals surface area contributed by atoms with Gasteiger partial charge in [-0.05, 0) is 89.9 Å². The minimum absolute atomic E-state index is 0.0345. The summed E-state index contributed by atoms with van der Waals surface area (Å²) >= 11 is 0. The molecule has 16 heteroatoms. The van der Waals surface area contributed by atoms with Gasteiger partial charge >= 0.3 is 27.6 Å². The predicted octanol–water partition coefficient (Wildman–Crippen LogP) is 10.5. The highest BCUT2D eigenvalue weighted by Gasteiger charge is 2.36. The van der Waals surface area contributed by atoms with Gasteiger partial charge in [0.15, 0.2) is 6.10 Å². The molecule has 354 valence electrons. The summed E-state index contributed by atoms with van der Waals surface area (Å²) < 4.78 is 53.5. The lowest BCUT2D eigenvalue weighted by molar-refractivity contribution is -0.161. The van der Waals surface area contributed by atoms with Crippen LogP contribution in [0.3, 0.4) is 0 Å². The summed E-state index contributed by atoms with van der Waals surface area (Å²) in [6.07, 6.45) is 44.6. The van der Waals surface area contributed by atoms with Crippen molar-refractivity contribution < 1.29 is 66.3 Å². The second kappa shape index (κ2) is 37.6. The summed E-state index contributed by atoms with van der Waals surface area (Å²) in [7, 11) is -9.73. The number of phosphoric acid groups is 2. The second-order valence-corrected chi connectivity index (χ2v) is 17.7. The van der Waals surface area contributed by atoms with Gasteiger partial charge in [0.05, 0.1) is 32.0 Å². The zero-order valence-corrected chi connectivity index (χ0v) is 38.9. The Morgan fingerprint density at radius 1 is 0.565 bits per heavy atom. The van der Waals surface area contributed by atoms with Crippen LogP contribution in [0.4, 0.5) is 0 Å². The topological polar surface area (TPSA) is 208 Å². The molecule has 5 atom stereocenters. The third kappa shape index (κ3) is 37.8. The number of esters is 2. The molecule has 1 aliphatic heterocycles. The van der Waals surface area contributed by atoms with Gasteiger partial charge < -0.3 is 34.0 Å². The van der Waals surface area contributed by atoms with E-state index in [-0.39, 0.29) is 25.0 Å². The number of ether oxygens (including phenoxy) is 3. The number of aliphatic hydroxyl groups is 1. The van der Waals surface area contributed by atoms with E-state index in [2.05, 4.69) is 95.8 Å². The van der Waals surface area contributed by atoms with Gasteiger partial charge in [0, 0.05) is 12.8 Å². The zero-order valence-electron chi connectivity index (χ0n) is 37.1. The number of hydrogen-bond acceptors (Lipinski definition) is 11. The number of carbonyl (C=O) groups is 2. The average molecular weight is 915 g/mol.